The molecule has 24 heavy (non-hydrogen) atoms. The molecule has 0 amide bonds. The summed E-state index contributed by atoms with van der Waals surface area (Å²) in [5, 5.41) is 6.67. The lowest BCUT2D eigenvalue weighted by molar-refractivity contribution is 0.297. The van der Waals surface area contributed by atoms with Gasteiger partial charge in [-0.1, -0.05) is 6.07 Å². The molecular weight excluding hydrogens is 322 g/mol. The molecule has 0 aliphatic carbocycles. The molecule has 0 saturated heterocycles. The van der Waals surface area contributed by atoms with Crippen LogP contribution in [0.4, 0.5) is 0 Å². The molecule has 0 fully saturated rings. The standard InChI is InChI=1S/C18H23N3O2S/c1-13-4-6-15(24-13)12-21-18(19-2)20-11-14-5-7-16-17(10-14)23-9-3-8-22-16/h4-7,10H,3,8-9,11-12H2,1-2H3,(H2,19,20,21). The number of hydrogen-bond acceptors (Lipinski definition) is 4. The zero-order valence-corrected chi connectivity index (χ0v) is 14.9. The Labute approximate surface area is 146 Å². The molecule has 0 atom stereocenters. The van der Waals surface area contributed by atoms with E-state index in [1.54, 1.807) is 18.4 Å². The van der Waals surface area contributed by atoms with Crippen LogP contribution in [0.1, 0.15) is 21.7 Å². The number of fused-ring (bicyclic) bond motifs is 1. The molecule has 2 heterocycles. The molecule has 0 unspecified atom stereocenters. The van der Waals surface area contributed by atoms with Gasteiger partial charge in [-0.25, -0.2) is 0 Å². The van der Waals surface area contributed by atoms with Crippen molar-refractivity contribution in [1.82, 2.24) is 10.6 Å². The molecule has 3 rings (SSSR count). The van der Waals surface area contributed by atoms with Gasteiger partial charge in [0.05, 0.1) is 19.8 Å². The molecule has 2 aromatic rings. The SMILES string of the molecule is CN=C(NCc1ccc2c(c1)OCCCO2)NCc1ccc(C)s1. The first-order valence-electron chi connectivity index (χ1n) is 8.13. The monoisotopic (exact) mass is 345 g/mol. The van der Waals surface area contributed by atoms with Crippen LogP contribution >= 0.6 is 11.3 Å². The summed E-state index contributed by atoms with van der Waals surface area (Å²) in [7, 11) is 1.78. The van der Waals surface area contributed by atoms with Crippen LogP contribution in [-0.2, 0) is 13.1 Å². The number of nitrogens with zero attached hydrogens (tertiary/aromatic N) is 1. The number of thiophene rings is 1. The van der Waals surface area contributed by atoms with Gasteiger partial charge in [0.1, 0.15) is 0 Å². The first-order valence-corrected chi connectivity index (χ1v) is 8.94. The zero-order valence-electron chi connectivity index (χ0n) is 14.1. The maximum absolute atomic E-state index is 5.73. The Balaban J connectivity index is 1.54. The van der Waals surface area contributed by atoms with E-state index in [-0.39, 0.29) is 0 Å². The van der Waals surface area contributed by atoms with Crippen molar-refractivity contribution in [2.45, 2.75) is 26.4 Å². The predicted molar refractivity (Wildman–Crippen MR) is 98.1 cm³/mol. The van der Waals surface area contributed by atoms with Crippen molar-refractivity contribution >= 4 is 17.3 Å². The lowest BCUT2D eigenvalue weighted by Gasteiger charge is -2.13. The minimum absolute atomic E-state index is 0.680. The second-order valence-electron chi connectivity index (χ2n) is 5.62. The van der Waals surface area contributed by atoms with Crippen LogP contribution in [0.25, 0.3) is 0 Å². The highest BCUT2D eigenvalue weighted by atomic mass is 32.1. The van der Waals surface area contributed by atoms with Crippen molar-refractivity contribution < 1.29 is 9.47 Å². The molecule has 0 bridgehead atoms. The maximum atomic E-state index is 5.73. The van der Waals surface area contributed by atoms with Gasteiger partial charge in [-0.15, -0.1) is 11.3 Å². The smallest absolute Gasteiger partial charge is 0.191 e. The highest BCUT2D eigenvalue weighted by molar-refractivity contribution is 7.11. The van der Waals surface area contributed by atoms with E-state index in [0.717, 1.165) is 36.0 Å². The first kappa shape index (κ1) is 16.6. The molecular formula is C18H23N3O2S. The highest BCUT2D eigenvalue weighted by Gasteiger charge is 2.10. The van der Waals surface area contributed by atoms with Gasteiger partial charge in [0.2, 0.25) is 0 Å². The summed E-state index contributed by atoms with van der Waals surface area (Å²) in [6.45, 7) is 4.99. The lowest BCUT2D eigenvalue weighted by atomic mass is 10.2. The molecule has 0 spiro atoms. The maximum Gasteiger partial charge on any atom is 0.191 e. The Bertz CT molecular complexity index is 712. The molecule has 1 aromatic heterocycles. The minimum Gasteiger partial charge on any atom is -0.490 e. The Morgan fingerprint density at radius 2 is 1.88 bits per heavy atom. The largest absolute Gasteiger partial charge is 0.490 e. The summed E-state index contributed by atoms with van der Waals surface area (Å²) in [6, 6.07) is 10.3. The Morgan fingerprint density at radius 3 is 2.62 bits per heavy atom. The number of rotatable bonds is 4. The lowest BCUT2D eigenvalue weighted by Crippen LogP contribution is -2.36. The van der Waals surface area contributed by atoms with E-state index in [1.807, 2.05) is 12.1 Å². The van der Waals surface area contributed by atoms with Gasteiger partial charge in [-0.2, -0.15) is 0 Å². The minimum atomic E-state index is 0.680. The van der Waals surface area contributed by atoms with E-state index in [9.17, 15) is 0 Å². The van der Waals surface area contributed by atoms with Crippen LogP contribution < -0.4 is 20.1 Å². The van der Waals surface area contributed by atoms with Crippen molar-refractivity contribution in [3.63, 3.8) is 0 Å². The van der Waals surface area contributed by atoms with Crippen molar-refractivity contribution in [2.75, 3.05) is 20.3 Å². The van der Waals surface area contributed by atoms with Crippen molar-refractivity contribution in [2.24, 2.45) is 4.99 Å². The van der Waals surface area contributed by atoms with Crippen LogP contribution in [0.15, 0.2) is 35.3 Å². The molecule has 6 heteroatoms. The topological polar surface area (TPSA) is 54.9 Å². The Hall–Kier alpha value is -2.21. The highest BCUT2D eigenvalue weighted by Crippen LogP contribution is 2.30. The summed E-state index contributed by atoms with van der Waals surface area (Å²) in [4.78, 5) is 6.89. The molecule has 0 saturated carbocycles. The van der Waals surface area contributed by atoms with Crippen LogP contribution in [0.2, 0.25) is 0 Å². The summed E-state index contributed by atoms with van der Waals surface area (Å²) < 4.78 is 11.4. The molecule has 1 aromatic carbocycles. The Morgan fingerprint density at radius 1 is 1.08 bits per heavy atom. The molecule has 1 aliphatic heterocycles. The number of hydrogen-bond donors (Lipinski definition) is 2. The molecule has 5 nitrogen and oxygen atoms in total. The van der Waals surface area contributed by atoms with Gasteiger partial charge >= 0.3 is 0 Å². The predicted octanol–water partition coefficient (Wildman–Crippen LogP) is 3.08. The molecule has 128 valence electrons. The van der Waals surface area contributed by atoms with E-state index >= 15 is 0 Å². The van der Waals surface area contributed by atoms with E-state index in [2.05, 4.69) is 40.7 Å². The molecule has 0 radical (unpaired) electrons. The van der Waals surface area contributed by atoms with E-state index in [4.69, 9.17) is 9.47 Å². The summed E-state index contributed by atoms with van der Waals surface area (Å²) in [6.07, 6.45) is 0.918. The van der Waals surface area contributed by atoms with Gasteiger partial charge in [0, 0.05) is 29.8 Å². The van der Waals surface area contributed by atoms with Crippen molar-refractivity contribution in [1.29, 1.82) is 0 Å². The van der Waals surface area contributed by atoms with Crippen molar-refractivity contribution in [3.8, 4) is 11.5 Å². The van der Waals surface area contributed by atoms with Gasteiger partial charge in [0.15, 0.2) is 17.5 Å². The molecule has 2 N–H and O–H groups in total. The Kier molecular flexibility index (Phi) is 5.59. The fourth-order valence-electron chi connectivity index (χ4n) is 2.48. The number of ether oxygens (including phenoxy) is 2. The van der Waals surface area contributed by atoms with Crippen molar-refractivity contribution in [3.05, 3.63) is 45.6 Å². The second kappa shape index (κ2) is 8.06. The number of aliphatic imine (C=N–C) groups is 1. The number of guanidine groups is 1. The van der Waals surface area contributed by atoms with Gasteiger partial charge in [0.25, 0.3) is 0 Å². The van der Waals surface area contributed by atoms with E-state index < -0.39 is 0 Å². The molecule has 1 aliphatic rings. The van der Waals surface area contributed by atoms with Crippen LogP contribution in [0, 0.1) is 6.92 Å². The summed E-state index contributed by atoms with van der Waals surface area (Å²) >= 11 is 1.80. The summed E-state index contributed by atoms with van der Waals surface area (Å²) in [5.41, 5.74) is 1.13. The second-order valence-corrected chi connectivity index (χ2v) is 7.00. The fourth-order valence-corrected chi connectivity index (χ4v) is 3.31. The van der Waals surface area contributed by atoms with Gasteiger partial charge < -0.3 is 20.1 Å². The number of nitrogens with one attached hydrogen (secondary N) is 2. The third-order valence-electron chi connectivity index (χ3n) is 3.72. The average molecular weight is 345 g/mol. The average Bonchev–Trinajstić information content (AvgIpc) is 2.87. The summed E-state index contributed by atoms with van der Waals surface area (Å²) in [5.74, 6) is 2.43. The third kappa shape index (κ3) is 4.41. The normalized spacial score (nSPS) is 14.2. The van der Waals surface area contributed by atoms with Gasteiger partial charge in [-0.3, -0.25) is 4.99 Å². The first-order chi connectivity index (χ1) is 11.7. The number of aryl methyl sites for hydroxylation is 1. The quantitative estimate of drug-likeness (QED) is 0.660. The van der Waals surface area contributed by atoms with Crippen LogP contribution in [0.3, 0.4) is 0 Å². The third-order valence-corrected chi connectivity index (χ3v) is 4.72. The zero-order chi connectivity index (χ0) is 16.8. The van der Waals surface area contributed by atoms with Crippen LogP contribution in [-0.4, -0.2) is 26.2 Å². The van der Waals surface area contributed by atoms with Crippen LogP contribution in [0.5, 0.6) is 11.5 Å². The number of benzene rings is 1. The van der Waals surface area contributed by atoms with E-state index in [1.165, 1.54) is 9.75 Å². The fraction of sp³-hybridized carbons (Fsp3) is 0.389. The van der Waals surface area contributed by atoms with E-state index in [0.29, 0.717) is 19.8 Å². The van der Waals surface area contributed by atoms with Gasteiger partial charge in [-0.05, 0) is 36.8 Å².